The van der Waals surface area contributed by atoms with E-state index in [4.69, 9.17) is 25.5 Å². The van der Waals surface area contributed by atoms with E-state index >= 15 is 0 Å². The SMILES string of the molecule is CCOc1c(/C(C)=C/C(=O)N2CC(C)OC(C)C2)cc2c(-c3ccc(Cl)cc3)coc2c1C. The number of ether oxygens (including phenoxy) is 2. The quantitative estimate of drug-likeness (QED) is 0.402. The highest BCUT2D eigenvalue weighted by Crippen LogP contribution is 2.41. The largest absolute Gasteiger partial charge is 0.493 e. The number of benzene rings is 2. The van der Waals surface area contributed by atoms with Gasteiger partial charge in [0.05, 0.1) is 25.1 Å². The lowest BCUT2D eigenvalue weighted by Gasteiger charge is -2.34. The van der Waals surface area contributed by atoms with E-state index in [1.165, 1.54) is 0 Å². The molecule has 5 nitrogen and oxygen atoms in total. The summed E-state index contributed by atoms with van der Waals surface area (Å²) in [5.74, 6) is 0.729. The second-order valence-electron chi connectivity index (χ2n) is 8.67. The number of hydrogen-bond donors (Lipinski definition) is 0. The molecule has 0 radical (unpaired) electrons. The van der Waals surface area contributed by atoms with Gasteiger partial charge in [0.25, 0.3) is 0 Å². The molecule has 1 saturated heterocycles. The van der Waals surface area contributed by atoms with Gasteiger partial charge in [-0.25, -0.2) is 0 Å². The first-order valence-electron chi connectivity index (χ1n) is 11.3. The molecule has 33 heavy (non-hydrogen) atoms. The summed E-state index contributed by atoms with van der Waals surface area (Å²) in [6.45, 7) is 11.6. The van der Waals surface area contributed by atoms with Crippen LogP contribution in [0.2, 0.25) is 5.02 Å². The lowest BCUT2D eigenvalue weighted by Crippen LogP contribution is -2.47. The van der Waals surface area contributed by atoms with Crippen LogP contribution in [0.15, 0.2) is 47.1 Å². The predicted molar refractivity (Wildman–Crippen MR) is 133 cm³/mol. The summed E-state index contributed by atoms with van der Waals surface area (Å²) in [5, 5.41) is 1.66. The van der Waals surface area contributed by atoms with Crippen LogP contribution in [-0.2, 0) is 9.53 Å². The number of rotatable bonds is 5. The summed E-state index contributed by atoms with van der Waals surface area (Å²) in [6, 6.07) is 9.75. The van der Waals surface area contributed by atoms with Crippen molar-refractivity contribution in [1.29, 1.82) is 0 Å². The molecule has 1 fully saturated rings. The third-order valence-electron chi connectivity index (χ3n) is 5.98. The van der Waals surface area contributed by atoms with Crippen LogP contribution in [0.3, 0.4) is 0 Å². The molecule has 2 heterocycles. The zero-order chi connectivity index (χ0) is 23.7. The molecular formula is C27H30ClNO4. The van der Waals surface area contributed by atoms with Crippen molar-refractivity contribution in [2.75, 3.05) is 19.7 Å². The number of aryl methyl sites for hydroxylation is 1. The van der Waals surface area contributed by atoms with Gasteiger partial charge >= 0.3 is 0 Å². The molecule has 6 heteroatoms. The van der Waals surface area contributed by atoms with Crippen molar-refractivity contribution in [3.8, 4) is 16.9 Å². The first kappa shape index (κ1) is 23.4. The molecule has 0 aliphatic carbocycles. The Bertz CT molecular complexity index is 1190. The molecular weight excluding hydrogens is 438 g/mol. The van der Waals surface area contributed by atoms with Crippen molar-refractivity contribution in [2.45, 2.75) is 46.8 Å². The first-order chi connectivity index (χ1) is 15.8. The minimum Gasteiger partial charge on any atom is -0.493 e. The molecule has 2 aromatic carbocycles. The molecule has 4 rings (SSSR count). The molecule has 2 unspecified atom stereocenters. The Hall–Kier alpha value is -2.76. The number of hydrogen-bond acceptors (Lipinski definition) is 4. The van der Waals surface area contributed by atoms with Crippen molar-refractivity contribution >= 4 is 34.1 Å². The molecule has 174 valence electrons. The number of carbonyl (C=O) groups is 1. The van der Waals surface area contributed by atoms with Crippen LogP contribution in [-0.4, -0.2) is 42.7 Å². The van der Waals surface area contributed by atoms with Crippen LogP contribution in [0.4, 0.5) is 0 Å². The van der Waals surface area contributed by atoms with Gasteiger partial charge in [0, 0.05) is 46.3 Å². The fourth-order valence-electron chi connectivity index (χ4n) is 4.50. The second kappa shape index (κ2) is 9.62. The van der Waals surface area contributed by atoms with Crippen molar-refractivity contribution in [1.82, 2.24) is 4.90 Å². The lowest BCUT2D eigenvalue weighted by molar-refractivity contribution is -0.137. The van der Waals surface area contributed by atoms with Gasteiger partial charge in [0.1, 0.15) is 11.3 Å². The van der Waals surface area contributed by atoms with Gasteiger partial charge in [-0.05, 0) is 64.0 Å². The molecule has 0 spiro atoms. The smallest absolute Gasteiger partial charge is 0.247 e. The Morgan fingerprint density at radius 2 is 1.88 bits per heavy atom. The minimum absolute atomic E-state index is 0.0141. The summed E-state index contributed by atoms with van der Waals surface area (Å²) in [5.41, 5.74) is 5.43. The third kappa shape index (κ3) is 4.80. The van der Waals surface area contributed by atoms with Gasteiger partial charge in [-0.15, -0.1) is 0 Å². The normalized spacial score (nSPS) is 19.2. The maximum absolute atomic E-state index is 13.1. The number of carbonyl (C=O) groups excluding carboxylic acids is 1. The van der Waals surface area contributed by atoms with Gasteiger partial charge in [-0.2, -0.15) is 0 Å². The van der Waals surface area contributed by atoms with Crippen molar-refractivity contribution < 1.29 is 18.7 Å². The van der Waals surface area contributed by atoms with Gasteiger partial charge in [-0.1, -0.05) is 23.7 Å². The zero-order valence-electron chi connectivity index (χ0n) is 19.8. The minimum atomic E-state index is -0.0141. The van der Waals surface area contributed by atoms with Crippen LogP contribution in [0, 0.1) is 6.92 Å². The zero-order valence-corrected chi connectivity index (χ0v) is 20.5. The average molecular weight is 468 g/mol. The number of morpholine rings is 1. The average Bonchev–Trinajstić information content (AvgIpc) is 3.19. The monoisotopic (exact) mass is 467 g/mol. The third-order valence-corrected chi connectivity index (χ3v) is 6.24. The highest BCUT2D eigenvalue weighted by Gasteiger charge is 2.25. The number of halogens is 1. The van der Waals surface area contributed by atoms with Crippen molar-refractivity contribution in [3.05, 3.63) is 58.8 Å². The van der Waals surface area contributed by atoms with Crippen molar-refractivity contribution in [2.24, 2.45) is 0 Å². The lowest BCUT2D eigenvalue weighted by atomic mass is 9.96. The Kier molecular flexibility index (Phi) is 6.82. The fourth-order valence-corrected chi connectivity index (χ4v) is 4.63. The van der Waals surface area contributed by atoms with E-state index in [2.05, 4.69) is 6.07 Å². The molecule has 0 saturated carbocycles. The Morgan fingerprint density at radius 3 is 2.52 bits per heavy atom. The topological polar surface area (TPSA) is 51.9 Å². The van der Waals surface area contributed by atoms with E-state index in [9.17, 15) is 4.79 Å². The van der Waals surface area contributed by atoms with Crippen LogP contribution in [0.1, 0.15) is 38.8 Å². The molecule has 0 N–H and O–H groups in total. The highest BCUT2D eigenvalue weighted by atomic mass is 35.5. The fraction of sp³-hybridized carbons (Fsp3) is 0.370. The predicted octanol–water partition coefficient (Wildman–Crippen LogP) is 6.50. The number of fused-ring (bicyclic) bond motifs is 1. The standard InChI is InChI=1S/C27H30ClNO4/c1-6-31-26-19(5)27-23(24(15-32-27)20-7-9-21(28)10-8-20)12-22(26)16(2)11-25(30)29-13-17(3)33-18(4)14-29/h7-12,15,17-18H,6,13-14H2,1-5H3/b16-11+. The molecule has 1 aliphatic heterocycles. The van der Waals surface area contributed by atoms with Gasteiger partial charge in [-0.3, -0.25) is 4.79 Å². The highest BCUT2D eigenvalue weighted by molar-refractivity contribution is 6.30. The molecule has 1 aromatic heterocycles. The van der Waals surface area contributed by atoms with Crippen LogP contribution in [0.25, 0.3) is 27.7 Å². The Labute approximate surface area is 199 Å². The summed E-state index contributed by atoms with van der Waals surface area (Å²) in [7, 11) is 0. The maximum atomic E-state index is 13.1. The van der Waals surface area contributed by atoms with Crippen LogP contribution >= 0.6 is 11.6 Å². The van der Waals surface area contributed by atoms with Crippen LogP contribution in [0.5, 0.6) is 5.75 Å². The Morgan fingerprint density at radius 1 is 1.21 bits per heavy atom. The van der Waals surface area contributed by atoms with Crippen LogP contribution < -0.4 is 4.74 Å². The molecule has 0 bridgehead atoms. The maximum Gasteiger partial charge on any atom is 0.247 e. The van der Waals surface area contributed by atoms with E-state index in [0.29, 0.717) is 24.7 Å². The summed E-state index contributed by atoms with van der Waals surface area (Å²) in [6.07, 6.45) is 3.52. The number of allylic oxidation sites excluding steroid dienone is 1. The second-order valence-corrected chi connectivity index (χ2v) is 9.11. The van der Waals surface area contributed by atoms with E-state index in [1.54, 1.807) is 12.3 Å². The summed E-state index contributed by atoms with van der Waals surface area (Å²) in [4.78, 5) is 14.9. The van der Waals surface area contributed by atoms with Crippen molar-refractivity contribution in [3.63, 3.8) is 0 Å². The molecule has 1 aliphatic rings. The number of furan rings is 1. The van der Waals surface area contributed by atoms with E-state index in [-0.39, 0.29) is 18.1 Å². The van der Waals surface area contributed by atoms with Gasteiger partial charge in [0.2, 0.25) is 5.91 Å². The summed E-state index contributed by atoms with van der Waals surface area (Å²) < 4.78 is 17.8. The van der Waals surface area contributed by atoms with Gasteiger partial charge in [0.15, 0.2) is 0 Å². The Balaban J connectivity index is 1.78. The molecule has 3 aromatic rings. The van der Waals surface area contributed by atoms with E-state index in [0.717, 1.165) is 44.5 Å². The van der Waals surface area contributed by atoms with E-state index in [1.807, 2.05) is 63.8 Å². The molecule has 1 amide bonds. The summed E-state index contributed by atoms with van der Waals surface area (Å²) >= 11 is 6.08. The van der Waals surface area contributed by atoms with E-state index < -0.39 is 0 Å². The number of nitrogens with zero attached hydrogens (tertiary/aromatic N) is 1. The number of amides is 1. The van der Waals surface area contributed by atoms with Gasteiger partial charge < -0.3 is 18.8 Å². The molecule has 2 atom stereocenters. The first-order valence-corrected chi connectivity index (χ1v) is 11.7.